The molecule has 2 aromatic rings. The minimum atomic E-state index is 0.509. The number of nitrogens with zero attached hydrogens (tertiary/aromatic N) is 1. The molecule has 1 aromatic carbocycles. The number of rotatable bonds is 4. The van der Waals surface area contributed by atoms with Gasteiger partial charge in [-0.1, -0.05) is 29.8 Å². The second-order valence-corrected chi connectivity index (χ2v) is 7.28. The van der Waals surface area contributed by atoms with Gasteiger partial charge in [-0.2, -0.15) is 0 Å². The van der Waals surface area contributed by atoms with Crippen LogP contribution in [0.25, 0.3) is 10.9 Å². The van der Waals surface area contributed by atoms with Crippen molar-refractivity contribution in [1.29, 1.82) is 0 Å². The molecule has 1 atom stereocenters. The molecule has 0 spiro atoms. The van der Waals surface area contributed by atoms with Gasteiger partial charge in [-0.15, -0.1) is 0 Å². The minimum absolute atomic E-state index is 0.509. The number of hydrogen-bond acceptors (Lipinski definition) is 2. The number of aromatic amines is 1. The molecular formula is C17H24BrN3. The first-order valence-corrected chi connectivity index (χ1v) is 8.65. The van der Waals surface area contributed by atoms with Gasteiger partial charge in [0.2, 0.25) is 0 Å². The van der Waals surface area contributed by atoms with Crippen LogP contribution < -0.4 is 5.32 Å². The first-order chi connectivity index (χ1) is 10.1. The van der Waals surface area contributed by atoms with Crippen molar-refractivity contribution < 1.29 is 0 Å². The molecule has 0 aliphatic carbocycles. The molecule has 1 aliphatic rings. The van der Waals surface area contributed by atoms with Crippen molar-refractivity contribution in [3.8, 4) is 0 Å². The van der Waals surface area contributed by atoms with E-state index in [-0.39, 0.29) is 0 Å². The number of halogens is 1. The van der Waals surface area contributed by atoms with Crippen molar-refractivity contribution in [1.82, 2.24) is 15.2 Å². The standard InChI is InChI=1S/C17H24BrN3/c1-12(2)9-17(21-7-5-19-6-8-21)15-11-20-16-4-3-13(18)10-14(15)16/h3-4,10-12,17,19-20H,5-9H2,1-2H3/t17-/m0/s1. The Bertz CT molecular complexity index is 599. The zero-order chi connectivity index (χ0) is 14.8. The lowest BCUT2D eigenvalue weighted by Gasteiger charge is -2.36. The van der Waals surface area contributed by atoms with E-state index in [2.05, 4.69) is 69.4 Å². The first kappa shape index (κ1) is 15.1. The number of aromatic nitrogens is 1. The highest BCUT2D eigenvalue weighted by Gasteiger charge is 2.25. The van der Waals surface area contributed by atoms with Gasteiger partial charge < -0.3 is 10.3 Å². The van der Waals surface area contributed by atoms with E-state index in [0.717, 1.165) is 30.7 Å². The second kappa shape index (κ2) is 6.51. The summed E-state index contributed by atoms with van der Waals surface area (Å²) in [6.45, 7) is 9.11. The van der Waals surface area contributed by atoms with Crippen LogP contribution in [0.1, 0.15) is 31.9 Å². The molecule has 0 saturated carbocycles. The fourth-order valence-electron chi connectivity index (χ4n) is 3.30. The Hall–Kier alpha value is -0.840. The summed E-state index contributed by atoms with van der Waals surface area (Å²) in [5, 5.41) is 4.81. The van der Waals surface area contributed by atoms with E-state index in [1.807, 2.05) is 0 Å². The molecule has 0 unspecified atom stereocenters. The lowest BCUT2D eigenvalue weighted by Crippen LogP contribution is -2.45. The normalized spacial score (nSPS) is 18.5. The SMILES string of the molecule is CC(C)C[C@@H](c1c[nH]c2ccc(Br)cc12)N1CCNCC1. The van der Waals surface area contributed by atoms with Crippen LogP contribution in [0, 0.1) is 5.92 Å². The molecule has 0 bridgehead atoms. The molecule has 3 nitrogen and oxygen atoms in total. The van der Waals surface area contributed by atoms with Crippen molar-refractivity contribution in [2.75, 3.05) is 26.2 Å². The third kappa shape index (κ3) is 3.33. The Morgan fingerprint density at radius 3 is 2.71 bits per heavy atom. The Morgan fingerprint density at radius 2 is 2.00 bits per heavy atom. The predicted octanol–water partition coefficient (Wildman–Crippen LogP) is 3.92. The summed E-state index contributed by atoms with van der Waals surface area (Å²) in [4.78, 5) is 6.08. The molecule has 2 N–H and O–H groups in total. The van der Waals surface area contributed by atoms with Crippen molar-refractivity contribution in [2.45, 2.75) is 26.3 Å². The monoisotopic (exact) mass is 349 g/mol. The van der Waals surface area contributed by atoms with Gasteiger partial charge >= 0.3 is 0 Å². The zero-order valence-corrected chi connectivity index (χ0v) is 14.4. The van der Waals surface area contributed by atoms with Crippen molar-refractivity contribution in [3.05, 3.63) is 34.4 Å². The lowest BCUT2D eigenvalue weighted by molar-refractivity contribution is 0.155. The van der Waals surface area contributed by atoms with Crippen LogP contribution in [-0.2, 0) is 0 Å². The fraction of sp³-hybridized carbons (Fsp3) is 0.529. The molecule has 2 heterocycles. The predicted molar refractivity (Wildman–Crippen MR) is 92.6 cm³/mol. The average molecular weight is 350 g/mol. The van der Waals surface area contributed by atoms with E-state index in [1.165, 1.54) is 22.9 Å². The van der Waals surface area contributed by atoms with Gasteiger partial charge in [0.25, 0.3) is 0 Å². The van der Waals surface area contributed by atoms with Crippen LogP contribution in [0.3, 0.4) is 0 Å². The number of piperazine rings is 1. The van der Waals surface area contributed by atoms with Gasteiger partial charge in [-0.3, -0.25) is 4.90 Å². The van der Waals surface area contributed by atoms with Crippen LogP contribution in [0.4, 0.5) is 0 Å². The van der Waals surface area contributed by atoms with E-state index in [4.69, 9.17) is 0 Å². The lowest BCUT2D eigenvalue weighted by atomic mass is 9.94. The van der Waals surface area contributed by atoms with E-state index in [0.29, 0.717) is 12.0 Å². The van der Waals surface area contributed by atoms with Crippen molar-refractivity contribution >= 4 is 26.8 Å². The summed E-state index contributed by atoms with van der Waals surface area (Å²) in [5.74, 6) is 0.696. The first-order valence-electron chi connectivity index (χ1n) is 7.86. The quantitative estimate of drug-likeness (QED) is 0.876. The summed E-state index contributed by atoms with van der Waals surface area (Å²) in [5.41, 5.74) is 2.68. The molecular weight excluding hydrogens is 326 g/mol. The highest BCUT2D eigenvalue weighted by Crippen LogP contribution is 2.34. The zero-order valence-electron chi connectivity index (χ0n) is 12.8. The fourth-order valence-corrected chi connectivity index (χ4v) is 3.66. The smallest absolute Gasteiger partial charge is 0.0458 e. The van der Waals surface area contributed by atoms with E-state index in [1.54, 1.807) is 0 Å². The second-order valence-electron chi connectivity index (χ2n) is 6.37. The topological polar surface area (TPSA) is 31.1 Å². The molecule has 3 rings (SSSR count). The molecule has 114 valence electrons. The van der Waals surface area contributed by atoms with Crippen molar-refractivity contribution in [2.24, 2.45) is 5.92 Å². The summed E-state index contributed by atoms with van der Waals surface area (Å²) in [7, 11) is 0. The summed E-state index contributed by atoms with van der Waals surface area (Å²) in [6.07, 6.45) is 3.42. The number of fused-ring (bicyclic) bond motifs is 1. The third-order valence-corrected chi connectivity index (χ3v) is 4.82. The molecule has 4 heteroatoms. The highest BCUT2D eigenvalue weighted by atomic mass is 79.9. The highest BCUT2D eigenvalue weighted by molar-refractivity contribution is 9.10. The molecule has 0 amide bonds. The van der Waals surface area contributed by atoms with Gasteiger partial charge in [0.15, 0.2) is 0 Å². The van der Waals surface area contributed by atoms with E-state index < -0.39 is 0 Å². The molecule has 0 radical (unpaired) electrons. The summed E-state index contributed by atoms with van der Waals surface area (Å²) < 4.78 is 1.15. The number of nitrogens with one attached hydrogen (secondary N) is 2. The molecule has 1 aliphatic heterocycles. The largest absolute Gasteiger partial charge is 0.361 e. The van der Waals surface area contributed by atoms with Crippen LogP contribution in [0.15, 0.2) is 28.9 Å². The van der Waals surface area contributed by atoms with Crippen molar-refractivity contribution in [3.63, 3.8) is 0 Å². The Balaban J connectivity index is 1.98. The maximum absolute atomic E-state index is 3.61. The maximum Gasteiger partial charge on any atom is 0.0458 e. The third-order valence-electron chi connectivity index (χ3n) is 4.32. The van der Waals surface area contributed by atoms with Crippen LogP contribution in [-0.4, -0.2) is 36.1 Å². The molecule has 1 fully saturated rings. The number of benzene rings is 1. The van der Waals surface area contributed by atoms with E-state index in [9.17, 15) is 0 Å². The Morgan fingerprint density at radius 1 is 1.24 bits per heavy atom. The number of H-pyrrole nitrogens is 1. The van der Waals surface area contributed by atoms with Gasteiger partial charge in [-0.05, 0) is 36.1 Å². The Kier molecular flexibility index (Phi) is 4.67. The van der Waals surface area contributed by atoms with Gasteiger partial charge in [0.05, 0.1) is 0 Å². The maximum atomic E-state index is 3.61. The average Bonchev–Trinajstić information content (AvgIpc) is 2.88. The number of hydrogen-bond donors (Lipinski definition) is 2. The van der Waals surface area contributed by atoms with Crippen LogP contribution >= 0.6 is 15.9 Å². The molecule has 1 saturated heterocycles. The minimum Gasteiger partial charge on any atom is -0.361 e. The molecule has 21 heavy (non-hydrogen) atoms. The summed E-state index contributed by atoms with van der Waals surface area (Å²) >= 11 is 3.61. The Labute approximate surface area is 135 Å². The van der Waals surface area contributed by atoms with Gasteiger partial charge in [0.1, 0.15) is 0 Å². The van der Waals surface area contributed by atoms with Crippen LogP contribution in [0.2, 0.25) is 0 Å². The van der Waals surface area contributed by atoms with Gasteiger partial charge in [0, 0.05) is 53.8 Å². The van der Waals surface area contributed by atoms with Crippen LogP contribution in [0.5, 0.6) is 0 Å². The van der Waals surface area contributed by atoms with Gasteiger partial charge in [-0.25, -0.2) is 0 Å². The summed E-state index contributed by atoms with van der Waals surface area (Å²) in [6, 6.07) is 7.02. The molecule has 1 aromatic heterocycles. The van der Waals surface area contributed by atoms with E-state index >= 15 is 0 Å².